The van der Waals surface area contributed by atoms with Crippen LogP contribution in [0.25, 0.3) is 0 Å². The molecule has 0 radical (unpaired) electrons. The highest BCUT2D eigenvalue weighted by atomic mass is 16.8. The average molecular weight is 164 g/mol. The fraction of sp³-hybridized carbons (Fsp3) is 1.00. The van der Waals surface area contributed by atoms with Gasteiger partial charge >= 0.3 is 0 Å². The Morgan fingerprint density at radius 1 is 1.00 bits per heavy atom. The van der Waals surface area contributed by atoms with Crippen LogP contribution in [-0.4, -0.2) is 49.2 Å². The highest BCUT2D eigenvalue weighted by Gasteiger charge is 2.43. The second-order valence-corrected chi connectivity index (χ2v) is 2.33. The third-order valence-electron chi connectivity index (χ3n) is 1.64. The van der Waals surface area contributed by atoms with Gasteiger partial charge in [0.2, 0.25) is 0 Å². The maximum Gasteiger partial charge on any atom is 0.189 e. The van der Waals surface area contributed by atoms with Crippen LogP contribution in [0.1, 0.15) is 0 Å². The normalized spacial score (nSPS) is 44.7. The minimum absolute atomic E-state index is 0.796. The molecule has 1 aliphatic rings. The van der Waals surface area contributed by atoms with Crippen LogP contribution in [0.3, 0.4) is 0 Å². The molecule has 0 saturated carbocycles. The van der Waals surface area contributed by atoms with Crippen LogP contribution in [0.4, 0.5) is 0 Å². The SMILES string of the molecule is COC1OC(OC)[C@H](O)[C@@H]1O. The molecule has 1 rings (SSSR count). The predicted octanol–water partition coefficient (Wildman–Crippen LogP) is -1.32. The number of aliphatic hydroxyl groups is 2. The van der Waals surface area contributed by atoms with E-state index in [9.17, 15) is 10.2 Å². The Balaban J connectivity index is 2.53. The van der Waals surface area contributed by atoms with Gasteiger partial charge in [-0.25, -0.2) is 0 Å². The third-order valence-corrected chi connectivity index (χ3v) is 1.64. The van der Waals surface area contributed by atoms with Crippen molar-refractivity contribution in [1.82, 2.24) is 0 Å². The van der Waals surface area contributed by atoms with Gasteiger partial charge in [0, 0.05) is 14.2 Å². The minimum Gasteiger partial charge on any atom is -0.385 e. The average Bonchev–Trinajstić information content (AvgIpc) is 2.30. The first-order valence-corrected chi connectivity index (χ1v) is 3.28. The Bertz CT molecular complexity index is 110. The van der Waals surface area contributed by atoms with Gasteiger partial charge in [-0.3, -0.25) is 0 Å². The second-order valence-electron chi connectivity index (χ2n) is 2.33. The Morgan fingerprint density at radius 2 is 1.36 bits per heavy atom. The standard InChI is InChI=1S/C6H12O5/c1-9-5-3(7)4(8)6(10-2)11-5/h3-8H,1-2H3/t3-,4+,5?,6?. The molecule has 66 valence electrons. The largest absolute Gasteiger partial charge is 0.385 e. The molecule has 0 aromatic rings. The maximum absolute atomic E-state index is 9.18. The fourth-order valence-electron chi connectivity index (χ4n) is 1.01. The third kappa shape index (κ3) is 1.52. The summed E-state index contributed by atoms with van der Waals surface area (Å²) in [6, 6.07) is 0. The predicted molar refractivity (Wildman–Crippen MR) is 34.7 cm³/mol. The zero-order valence-corrected chi connectivity index (χ0v) is 6.43. The smallest absolute Gasteiger partial charge is 0.189 e. The van der Waals surface area contributed by atoms with Gasteiger partial charge in [-0.2, -0.15) is 0 Å². The Hall–Kier alpha value is -0.200. The van der Waals surface area contributed by atoms with E-state index < -0.39 is 24.8 Å². The molecule has 0 aliphatic carbocycles. The lowest BCUT2D eigenvalue weighted by molar-refractivity contribution is -0.205. The van der Waals surface area contributed by atoms with E-state index in [-0.39, 0.29) is 0 Å². The molecule has 4 atom stereocenters. The van der Waals surface area contributed by atoms with Crippen molar-refractivity contribution in [2.24, 2.45) is 0 Å². The van der Waals surface area contributed by atoms with Gasteiger partial charge in [0.05, 0.1) is 0 Å². The van der Waals surface area contributed by atoms with Crippen LogP contribution in [0, 0.1) is 0 Å². The molecule has 5 heteroatoms. The summed E-state index contributed by atoms with van der Waals surface area (Å²) in [6.45, 7) is 0. The van der Waals surface area contributed by atoms with Crippen molar-refractivity contribution >= 4 is 0 Å². The molecule has 1 aliphatic heterocycles. The van der Waals surface area contributed by atoms with E-state index in [1.54, 1.807) is 0 Å². The molecule has 5 nitrogen and oxygen atoms in total. The van der Waals surface area contributed by atoms with Crippen molar-refractivity contribution in [2.45, 2.75) is 24.8 Å². The van der Waals surface area contributed by atoms with E-state index in [4.69, 9.17) is 14.2 Å². The lowest BCUT2D eigenvalue weighted by atomic mass is 10.2. The molecule has 0 bridgehead atoms. The van der Waals surface area contributed by atoms with Crippen LogP contribution in [0.5, 0.6) is 0 Å². The lowest BCUT2D eigenvalue weighted by Crippen LogP contribution is -2.33. The Labute approximate surface area is 64.5 Å². The fourth-order valence-corrected chi connectivity index (χ4v) is 1.01. The molecular formula is C6H12O5. The molecule has 0 aromatic heterocycles. The number of methoxy groups -OCH3 is 2. The summed E-state index contributed by atoms with van der Waals surface area (Å²) in [5, 5.41) is 18.4. The molecule has 0 amide bonds. The maximum atomic E-state index is 9.18. The highest BCUT2D eigenvalue weighted by molar-refractivity contribution is 4.81. The van der Waals surface area contributed by atoms with Crippen molar-refractivity contribution in [3.05, 3.63) is 0 Å². The van der Waals surface area contributed by atoms with E-state index >= 15 is 0 Å². The van der Waals surface area contributed by atoms with Gasteiger partial charge in [0.25, 0.3) is 0 Å². The Morgan fingerprint density at radius 3 is 1.55 bits per heavy atom. The van der Waals surface area contributed by atoms with Gasteiger partial charge in [-0.1, -0.05) is 0 Å². The first-order chi connectivity index (χ1) is 5.20. The first kappa shape index (κ1) is 8.89. The second kappa shape index (κ2) is 3.46. The van der Waals surface area contributed by atoms with Gasteiger partial charge in [0.15, 0.2) is 12.6 Å². The Kier molecular flexibility index (Phi) is 2.80. The molecule has 2 unspecified atom stereocenters. The summed E-state index contributed by atoms with van der Waals surface area (Å²) in [5.74, 6) is 0. The van der Waals surface area contributed by atoms with Crippen LogP contribution in [0.2, 0.25) is 0 Å². The molecule has 1 fully saturated rings. The molecule has 0 spiro atoms. The summed E-state index contributed by atoms with van der Waals surface area (Å²) in [7, 11) is 2.78. The van der Waals surface area contributed by atoms with Crippen molar-refractivity contribution < 1.29 is 24.4 Å². The number of rotatable bonds is 2. The summed E-state index contributed by atoms with van der Waals surface area (Å²) in [6.07, 6.45) is -3.67. The molecule has 1 heterocycles. The van der Waals surface area contributed by atoms with E-state index in [0.29, 0.717) is 0 Å². The van der Waals surface area contributed by atoms with Crippen LogP contribution in [-0.2, 0) is 14.2 Å². The minimum atomic E-state index is -1.04. The van der Waals surface area contributed by atoms with Crippen LogP contribution in [0.15, 0.2) is 0 Å². The summed E-state index contributed by atoms with van der Waals surface area (Å²) < 4.78 is 14.4. The van der Waals surface area contributed by atoms with Crippen LogP contribution < -0.4 is 0 Å². The van der Waals surface area contributed by atoms with E-state index in [1.165, 1.54) is 14.2 Å². The highest BCUT2D eigenvalue weighted by Crippen LogP contribution is 2.21. The zero-order valence-electron chi connectivity index (χ0n) is 6.43. The van der Waals surface area contributed by atoms with Crippen LogP contribution >= 0.6 is 0 Å². The molecule has 0 aromatic carbocycles. The van der Waals surface area contributed by atoms with Crippen molar-refractivity contribution in [3.63, 3.8) is 0 Å². The summed E-state index contributed by atoms with van der Waals surface area (Å²) in [5.41, 5.74) is 0. The van der Waals surface area contributed by atoms with Gasteiger partial charge in [-0.15, -0.1) is 0 Å². The quantitative estimate of drug-likeness (QED) is 0.530. The van der Waals surface area contributed by atoms with Crippen molar-refractivity contribution in [1.29, 1.82) is 0 Å². The summed E-state index contributed by atoms with van der Waals surface area (Å²) in [4.78, 5) is 0. The molecular weight excluding hydrogens is 152 g/mol. The number of hydrogen-bond acceptors (Lipinski definition) is 5. The van der Waals surface area contributed by atoms with Gasteiger partial charge in [-0.05, 0) is 0 Å². The monoisotopic (exact) mass is 164 g/mol. The first-order valence-electron chi connectivity index (χ1n) is 3.28. The van der Waals surface area contributed by atoms with Gasteiger partial charge in [0.1, 0.15) is 12.2 Å². The van der Waals surface area contributed by atoms with E-state index in [1.807, 2.05) is 0 Å². The number of ether oxygens (including phenoxy) is 3. The van der Waals surface area contributed by atoms with E-state index in [2.05, 4.69) is 0 Å². The lowest BCUT2D eigenvalue weighted by Gasteiger charge is -2.10. The van der Waals surface area contributed by atoms with E-state index in [0.717, 1.165) is 0 Å². The number of hydrogen-bond donors (Lipinski definition) is 2. The van der Waals surface area contributed by atoms with Gasteiger partial charge < -0.3 is 24.4 Å². The summed E-state index contributed by atoms with van der Waals surface area (Å²) >= 11 is 0. The molecule has 11 heavy (non-hydrogen) atoms. The molecule has 1 saturated heterocycles. The van der Waals surface area contributed by atoms with Crippen molar-refractivity contribution in [3.8, 4) is 0 Å². The topological polar surface area (TPSA) is 68.2 Å². The molecule has 2 N–H and O–H groups in total. The zero-order chi connectivity index (χ0) is 8.43. The number of aliphatic hydroxyl groups excluding tert-OH is 2. The van der Waals surface area contributed by atoms with Crippen molar-refractivity contribution in [2.75, 3.05) is 14.2 Å².